The van der Waals surface area contributed by atoms with E-state index in [1.165, 1.54) is 16.7 Å². The van der Waals surface area contributed by atoms with Crippen molar-refractivity contribution in [1.82, 2.24) is 0 Å². The summed E-state index contributed by atoms with van der Waals surface area (Å²) in [4.78, 5) is 0. The Bertz CT molecular complexity index is 358. The Morgan fingerprint density at radius 1 is 1.06 bits per heavy atom. The van der Waals surface area contributed by atoms with E-state index in [-0.39, 0.29) is 12.6 Å². The number of aliphatic hydroxyl groups is 1. The van der Waals surface area contributed by atoms with E-state index in [9.17, 15) is 5.11 Å². The molecule has 0 aromatic heterocycles. The molecule has 0 saturated heterocycles. The van der Waals surface area contributed by atoms with Crippen LogP contribution in [0, 0.1) is 26.7 Å². The molecular weight excluding hydrogens is 198 g/mol. The molecule has 0 fully saturated rings. The minimum Gasteiger partial charge on any atom is -0.394 e. The zero-order valence-electron chi connectivity index (χ0n) is 11.0. The summed E-state index contributed by atoms with van der Waals surface area (Å²) in [6, 6.07) is 4.48. The molecule has 1 atom stereocenters. The van der Waals surface area contributed by atoms with Gasteiger partial charge in [-0.15, -0.1) is 0 Å². The Morgan fingerprint density at radius 3 is 2.12 bits per heavy atom. The number of hydrogen-bond donors (Lipinski definition) is 2. The number of rotatable bonds is 4. The quantitative estimate of drug-likeness (QED) is 0.819. The van der Waals surface area contributed by atoms with Crippen molar-refractivity contribution >= 4 is 5.69 Å². The smallest absolute Gasteiger partial charge is 0.0635 e. The second-order valence-corrected chi connectivity index (χ2v) is 4.93. The van der Waals surface area contributed by atoms with Gasteiger partial charge in [0.25, 0.3) is 0 Å². The van der Waals surface area contributed by atoms with Gasteiger partial charge in [0.2, 0.25) is 0 Å². The molecule has 90 valence electrons. The van der Waals surface area contributed by atoms with Gasteiger partial charge in [0.1, 0.15) is 0 Å². The Morgan fingerprint density at radius 2 is 1.62 bits per heavy atom. The number of aryl methyl sites for hydroxylation is 3. The normalized spacial score (nSPS) is 12.9. The highest BCUT2D eigenvalue weighted by Crippen LogP contribution is 2.22. The molecule has 0 saturated carbocycles. The van der Waals surface area contributed by atoms with Gasteiger partial charge in [-0.25, -0.2) is 0 Å². The molecule has 0 spiro atoms. The average molecular weight is 221 g/mol. The first kappa shape index (κ1) is 13.0. The van der Waals surface area contributed by atoms with Crippen LogP contribution in [0.2, 0.25) is 0 Å². The van der Waals surface area contributed by atoms with Crippen LogP contribution in [0.3, 0.4) is 0 Å². The Kier molecular flexibility index (Phi) is 4.36. The van der Waals surface area contributed by atoms with Crippen molar-refractivity contribution < 1.29 is 5.11 Å². The van der Waals surface area contributed by atoms with Crippen LogP contribution in [0.15, 0.2) is 12.1 Å². The van der Waals surface area contributed by atoms with Crippen molar-refractivity contribution in [2.45, 2.75) is 40.7 Å². The van der Waals surface area contributed by atoms with E-state index in [0.29, 0.717) is 5.92 Å². The maximum atomic E-state index is 9.31. The molecule has 0 aliphatic heterocycles. The van der Waals surface area contributed by atoms with Gasteiger partial charge in [-0.05, 0) is 49.4 Å². The maximum absolute atomic E-state index is 9.31. The van der Waals surface area contributed by atoms with Crippen molar-refractivity contribution in [1.29, 1.82) is 0 Å². The van der Waals surface area contributed by atoms with E-state index in [1.807, 2.05) is 0 Å². The molecule has 1 aromatic carbocycles. The van der Waals surface area contributed by atoms with Crippen molar-refractivity contribution in [2.75, 3.05) is 11.9 Å². The third-order valence-corrected chi connectivity index (χ3v) is 3.18. The van der Waals surface area contributed by atoms with Crippen molar-refractivity contribution in [3.05, 3.63) is 28.8 Å². The predicted molar refractivity (Wildman–Crippen MR) is 70.0 cm³/mol. The fourth-order valence-electron chi connectivity index (χ4n) is 1.74. The van der Waals surface area contributed by atoms with E-state index in [0.717, 1.165) is 5.69 Å². The highest BCUT2D eigenvalue weighted by atomic mass is 16.3. The summed E-state index contributed by atoms with van der Waals surface area (Å²) in [5.41, 5.74) is 4.97. The minimum absolute atomic E-state index is 0.126. The molecule has 0 heterocycles. The van der Waals surface area contributed by atoms with Crippen LogP contribution < -0.4 is 5.32 Å². The molecule has 1 aromatic rings. The molecule has 16 heavy (non-hydrogen) atoms. The topological polar surface area (TPSA) is 32.3 Å². The number of benzene rings is 1. The number of hydrogen-bond acceptors (Lipinski definition) is 2. The standard InChI is InChI=1S/C14H23NO/c1-9(2)14(8-16)15-13-7-11(4)10(3)6-12(13)5/h6-7,9,14-16H,8H2,1-5H3. The SMILES string of the molecule is Cc1cc(C)c(NC(CO)C(C)C)cc1C. The van der Waals surface area contributed by atoms with Crippen molar-refractivity contribution in [3.63, 3.8) is 0 Å². The number of anilines is 1. The second-order valence-electron chi connectivity index (χ2n) is 4.93. The van der Waals surface area contributed by atoms with Crippen molar-refractivity contribution in [2.24, 2.45) is 5.92 Å². The van der Waals surface area contributed by atoms with E-state index < -0.39 is 0 Å². The highest BCUT2D eigenvalue weighted by Gasteiger charge is 2.13. The molecule has 2 heteroatoms. The molecule has 0 radical (unpaired) electrons. The minimum atomic E-state index is 0.126. The van der Waals surface area contributed by atoms with Crippen LogP contribution in [-0.4, -0.2) is 17.8 Å². The van der Waals surface area contributed by atoms with Crippen LogP contribution >= 0.6 is 0 Å². The Labute approximate surface area is 98.7 Å². The zero-order chi connectivity index (χ0) is 12.3. The van der Waals surface area contributed by atoms with Crippen LogP contribution in [0.5, 0.6) is 0 Å². The van der Waals surface area contributed by atoms with Gasteiger partial charge < -0.3 is 10.4 Å². The summed E-state index contributed by atoms with van der Waals surface area (Å²) in [7, 11) is 0. The summed E-state index contributed by atoms with van der Waals surface area (Å²) in [6.07, 6.45) is 0. The van der Waals surface area contributed by atoms with E-state index in [4.69, 9.17) is 0 Å². The molecular formula is C14H23NO. The molecule has 2 nitrogen and oxygen atoms in total. The van der Waals surface area contributed by atoms with Crippen LogP contribution in [0.4, 0.5) is 5.69 Å². The molecule has 0 aliphatic rings. The largest absolute Gasteiger partial charge is 0.394 e. The average Bonchev–Trinajstić information content (AvgIpc) is 2.21. The van der Waals surface area contributed by atoms with Gasteiger partial charge in [0.15, 0.2) is 0 Å². The molecule has 1 unspecified atom stereocenters. The first-order valence-corrected chi connectivity index (χ1v) is 5.91. The van der Waals surface area contributed by atoms with E-state index in [2.05, 4.69) is 52.1 Å². The van der Waals surface area contributed by atoms with Crippen LogP contribution in [0.25, 0.3) is 0 Å². The third kappa shape index (κ3) is 2.99. The first-order chi connectivity index (χ1) is 7.45. The number of nitrogens with one attached hydrogen (secondary N) is 1. The van der Waals surface area contributed by atoms with Gasteiger partial charge >= 0.3 is 0 Å². The van der Waals surface area contributed by atoms with Gasteiger partial charge in [-0.1, -0.05) is 19.9 Å². The van der Waals surface area contributed by atoms with Gasteiger partial charge in [-0.2, -0.15) is 0 Å². The predicted octanol–water partition coefficient (Wildman–Crippen LogP) is 3.04. The fourth-order valence-corrected chi connectivity index (χ4v) is 1.74. The summed E-state index contributed by atoms with van der Waals surface area (Å²) in [5, 5.41) is 12.7. The van der Waals surface area contributed by atoms with E-state index >= 15 is 0 Å². The lowest BCUT2D eigenvalue weighted by Crippen LogP contribution is -2.29. The second kappa shape index (κ2) is 5.35. The maximum Gasteiger partial charge on any atom is 0.0635 e. The zero-order valence-corrected chi connectivity index (χ0v) is 11.0. The van der Waals surface area contributed by atoms with Crippen LogP contribution in [-0.2, 0) is 0 Å². The highest BCUT2D eigenvalue weighted by molar-refractivity contribution is 5.55. The lowest BCUT2D eigenvalue weighted by Gasteiger charge is -2.23. The monoisotopic (exact) mass is 221 g/mol. The number of aliphatic hydroxyl groups excluding tert-OH is 1. The molecule has 2 N–H and O–H groups in total. The van der Waals surface area contributed by atoms with Gasteiger partial charge in [-0.3, -0.25) is 0 Å². The lowest BCUT2D eigenvalue weighted by atomic mass is 10.0. The Balaban J connectivity index is 2.92. The van der Waals surface area contributed by atoms with Crippen molar-refractivity contribution in [3.8, 4) is 0 Å². The summed E-state index contributed by atoms with van der Waals surface area (Å²) in [6.45, 7) is 10.7. The van der Waals surface area contributed by atoms with Gasteiger partial charge in [0, 0.05) is 5.69 Å². The molecule has 0 aliphatic carbocycles. The van der Waals surface area contributed by atoms with E-state index in [1.54, 1.807) is 0 Å². The fraction of sp³-hybridized carbons (Fsp3) is 0.571. The first-order valence-electron chi connectivity index (χ1n) is 5.91. The summed E-state index contributed by atoms with van der Waals surface area (Å²) < 4.78 is 0. The van der Waals surface area contributed by atoms with Gasteiger partial charge in [0.05, 0.1) is 12.6 Å². The third-order valence-electron chi connectivity index (χ3n) is 3.18. The molecule has 0 bridgehead atoms. The summed E-state index contributed by atoms with van der Waals surface area (Å²) >= 11 is 0. The lowest BCUT2D eigenvalue weighted by molar-refractivity contribution is 0.249. The Hall–Kier alpha value is -1.02. The summed E-state index contributed by atoms with van der Waals surface area (Å²) in [5.74, 6) is 0.422. The van der Waals surface area contributed by atoms with Crippen LogP contribution in [0.1, 0.15) is 30.5 Å². The molecule has 0 amide bonds. The molecule has 1 rings (SSSR count).